The van der Waals surface area contributed by atoms with Crippen molar-refractivity contribution in [2.75, 3.05) is 9.62 Å². The molecule has 0 radical (unpaired) electrons. The number of rotatable bonds is 4. The number of halogens is 1. The molecule has 1 aromatic carbocycles. The molecule has 0 saturated carbocycles. The minimum Gasteiger partial charge on any atom is -0.360 e. The molecule has 3 aromatic rings. The van der Waals surface area contributed by atoms with Gasteiger partial charge in [0, 0.05) is 12.3 Å². The maximum Gasteiger partial charge on any atom is 0.270 e. The molecule has 1 N–H and O–H groups in total. The van der Waals surface area contributed by atoms with E-state index in [0.29, 0.717) is 16.2 Å². The highest BCUT2D eigenvalue weighted by molar-refractivity contribution is 7.97. The van der Waals surface area contributed by atoms with Gasteiger partial charge in [-0.25, -0.2) is 12.8 Å². The first-order chi connectivity index (χ1) is 13.4. The molecule has 0 amide bonds. The first-order valence-electron chi connectivity index (χ1n) is 8.15. The Hall–Kier alpha value is -2.98. The predicted octanol–water partition coefficient (Wildman–Crippen LogP) is 3.67. The van der Waals surface area contributed by atoms with Crippen LogP contribution in [0, 0.1) is 12.7 Å². The zero-order valence-corrected chi connectivity index (χ0v) is 16.2. The third-order valence-corrected chi connectivity index (χ3v) is 6.77. The van der Waals surface area contributed by atoms with Crippen LogP contribution in [0.25, 0.3) is 0 Å². The molecule has 3 heterocycles. The van der Waals surface area contributed by atoms with E-state index >= 15 is 0 Å². The standard InChI is InChI=1S/C18H14FN3O4S2/c1-11-7-16(21-26-11)20-9-15-17(23)18-14(5-6-27-18)22(28(15,24)25)10-12-3-2-4-13(19)8-12/h2-9H,10H2,1H3,(H,20,21). The fourth-order valence-electron chi connectivity index (χ4n) is 2.83. The van der Waals surface area contributed by atoms with Gasteiger partial charge >= 0.3 is 0 Å². The number of allylic oxidation sites excluding steroid dienone is 1. The summed E-state index contributed by atoms with van der Waals surface area (Å²) in [5.74, 6) is -0.255. The third-order valence-electron chi connectivity index (χ3n) is 4.11. The van der Waals surface area contributed by atoms with E-state index in [9.17, 15) is 17.6 Å². The summed E-state index contributed by atoms with van der Waals surface area (Å²) in [4.78, 5) is 12.6. The van der Waals surface area contributed by atoms with Crippen molar-refractivity contribution in [3.63, 3.8) is 0 Å². The zero-order valence-electron chi connectivity index (χ0n) is 14.5. The lowest BCUT2D eigenvalue weighted by molar-refractivity contribution is 0.104. The topological polar surface area (TPSA) is 92.5 Å². The van der Waals surface area contributed by atoms with Gasteiger partial charge in [-0.05, 0) is 36.1 Å². The van der Waals surface area contributed by atoms with Gasteiger partial charge in [0.1, 0.15) is 16.5 Å². The lowest BCUT2D eigenvalue weighted by Gasteiger charge is -2.29. The number of benzene rings is 1. The SMILES string of the molecule is Cc1cc(NC=C2C(=O)c3sccc3N(Cc3cccc(F)c3)S2(=O)=O)no1. The highest BCUT2D eigenvalue weighted by Crippen LogP contribution is 2.39. The molecule has 0 aliphatic carbocycles. The number of carbonyl (C=O) groups is 1. The van der Waals surface area contributed by atoms with E-state index < -0.39 is 26.5 Å². The van der Waals surface area contributed by atoms with Gasteiger partial charge in [0.15, 0.2) is 10.7 Å². The number of aromatic nitrogens is 1. The molecule has 10 heteroatoms. The molecule has 0 unspecified atom stereocenters. The largest absolute Gasteiger partial charge is 0.360 e. The first kappa shape index (κ1) is 18.4. The Morgan fingerprint density at radius 2 is 2.14 bits per heavy atom. The number of hydrogen-bond donors (Lipinski definition) is 1. The summed E-state index contributed by atoms with van der Waals surface area (Å²) in [6.07, 6.45) is 1.11. The number of anilines is 2. The number of hydrogen-bond acceptors (Lipinski definition) is 7. The fourth-order valence-corrected chi connectivity index (χ4v) is 5.31. The second-order valence-electron chi connectivity index (χ2n) is 6.08. The van der Waals surface area contributed by atoms with Gasteiger partial charge < -0.3 is 9.84 Å². The van der Waals surface area contributed by atoms with Crippen molar-refractivity contribution in [1.29, 1.82) is 0 Å². The van der Waals surface area contributed by atoms with Crippen LogP contribution < -0.4 is 9.62 Å². The smallest absolute Gasteiger partial charge is 0.270 e. The molecule has 2 aromatic heterocycles. The van der Waals surface area contributed by atoms with Crippen molar-refractivity contribution in [3.8, 4) is 0 Å². The molecule has 0 spiro atoms. The summed E-state index contributed by atoms with van der Waals surface area (Å²) in [7, 11) is -4.16. The van der Waals surface area contributed by atoms with E-state index in [0.717, 1.165) is 21.8 Å². The molecule has 0 saturated heterocycles. The molecule has 144 valence electrons. The zero-order chi connectivity index (χ0) is 19.9. The Bertz CT molecular complexity index is 1200. The van der Waals surface area contributed by atoms with Gasteiger partial charge in [0.05, 0.1) is 12.2 Å². The van der Waals surface area contributed by atoms with Crippen molar-refractivity contribution in [1.82, 2.24) is 5.16 Å². The minimum atomic E-state index is -4.16. The minimum absolute atomic E-state index is 0.0997. The molecular weight excluding hydrogens is 405 g/mol. The molecule has 7 nitrogen and oxygen atoms in total. The van der Waals surface area contributed by atoms with Crippen molar-refractivity contribution in [2.24, 2.45) is 0 Å². The quantitative estimate of drug-likeness (QED) is 0.649. The summed E-state index contributed by atoms with van der Waals surface area (Å²) >= 11 is 1.15. The third kappa shape index (κ3) is 3.20. The Labute approximate surface area is 164 Å². The second kappa shape index (κ2) is 6.88. The van der Waals surface area contributed by atoms with Crippen LogP contribution in [0.1, 0.15) is 21.0 Å². The molecular formula is C18H14FN3O4S2. The Balaban J connectivity index is 1.76. The molecule has 0 bridgehead atoms. The van der Waals surface area contributed by atoms with Gasteiger partial charge in [-0.15, -0.1) is 11.3 Å². The number of fused-ring (bicyclic) bond motifs is 1. The summed E-state index contributed by atoms with van der Waals surface area (Å²) in [6.45, 7) is 1.59. The maximum atomic E-state index is 13.5. The van der Waals surface area contributed by atoms with Crippen LogP contribution in [0.5, 0.6) is 0 Å². The number of carbonyl (C=O) groups excluding carboxylic acids is 1. The fraction of sp³-hybridized carbons (Fsp3) is 0.111. The first-order valence-corrected chi connectivity index (χ1v) is 10.5. The molecule has 28 heavy (non-hydrogen) atoms. The molecule has 0 fully saturated rings. The van der Waals surface area contributed by atoms with Gasteiger partial charge in [-0.2, -0.15) is 0 Å². The van der Waals surface area contributed by atoms with Crippen LogP contribution in [0.15, 0.2) is 57.4 Å². The molecule has 1 aliphatic rings. The van der Waals surface area contributed by atoms with E-state index in [2.05, 4.69) is 10.5 Å². The highest BCUT2D eigenvalue weighted by Gasteiger charge is 2.41. The lowest BCUT2D eigenvalue weighted by Crippen LogP contribution is -2.38. The van der Waals surface area contributed by atoms with E-state index in [1.807, 2.05) is 0 Å². The van der Waals surface area contributed by atoms with Crippen molar-refractivity contribution >= 4 is 38.6 Å². The van der Waals surface area contributed by atoms with Crippen LogP contribution >= 0.6 is 11.3 Å². The molecule has 1 aliphatic heterocycles. The monoisotopic (exact) mass is 419 g/mol. The van der Waals surface area contributed by atoms with E-state index in [4.69, 9.17) is 4.52 Å². The maximum absolute atomic E-state index is 13.5. The Morgan fingerprint density at radius 1 is 1.32 bits per heavy atom. The predicted molar refractivity (Wildman–Crippen MR) is 103 cm³/mol. The molecule has 4 rings (SSSR count). The summed E-state index contributed by atoms with van der Waals surface area (Å²) in [5.41, 5.74) is 0.753. The van der Waals surface area contributed by atoms with Gasteiger partial charge in [0.25, 0.3) is 10.0 Å². The average Bonchev–Trinajstić information content (AvgIpc) is 3.28. The van der Waals surface area contributed by atoms with Crippen molar-refractivity contribution in [2.45, 2.75) is 13.5 Å². The lowest BCUT2D eigenvalue weighted by atomic mass is 10.2. The number of Topliss-reactive ketones (excluding diaryl/α,β-unsaturated/α-hetero) is 1. The number of nitrogens with zero attached hydrogens (tertiary/aromatic N) is 2. The van der Waals surface area contributed by atoms with E-state index in [1.165, 1.54) is 18.2 Å². The van der Waals surface area contributed by atoms with Gasteiger partial charge in [-0.3, -0.25) is 9.10 Å². The number of aryl methyl sites for hydroxylation is 1. The number of sulfonamides is 1. The van der Waals surface area contributed by atoms with Crippen molar-refractivity contribution in [3.05, 3.63) is 74.9 Å². The van der Waals surface area contributed by atoms with Crippen LogP contribution in [-0.4, -0.2) is 19.4 Å². The van der Waals surface area contributed by atoms with Crippen LogP contribution in [0.3, 0.4) is 0 Å². The Morgan fingerprint density at radius 3 is 2.86 bits per heavy atom. The second-order valence-corrected chi connectivity index (χ2v) is 8.83. The normalized spacial score (nSPS) is 17.0. The average molecular weight is 419 g/mol. The summed E-state index contributed by atoms with van der Waals surface area (Å²) < 4.78 is 45.9. The van der Waals surface area contributed by atoms with Crippen LogP contribution in [-0.2, 0) is 16.6 Å². The van der Waals surface area contributed by atoms with E-state index in [1.54, 1.807) is 30.5 Å². The Kier molecular flexibility index (Phi) is 4.52. The van der Waals surface area contributed by atoms with E-state index in [-0.39, 0.29) is 18.1 Å². The summed E-state index contributed by atoms with van der Waals surface area (Å²) in [5, 5.41) is 8.05. The number of thiophene rings is 1. The number of nitrogens with one attached hydrogen (secondary N) is 1. The van der Waals surface area contributed by atoms with Gasteiger partial charge in [0.2, 0.25) is 5.78 Å². The van der Waals surface area contributed by atoms with Crippen molar-refractivity contribution < 1.29 is 22.1 Å². The van der Waals surface area contributed by atoms with Gasteiger partial charge in [-0.1, -0.05) is 17.3 Å². The highest BCUT2D eigenvalue weighted by atomic mass is 32.2. The van der Waals surface area contributed by atoms with Crippen LogP contribution in [0.2, 0.25) is 0 Å². The number of ketones is 1. The van der Waals surface area contributed by atoms with Crippen LogP contribution in [0.4, 0.5) is 15.9 Å². The summed E-state index contributed by atoms with van der Waals surface area (Å²) in [6, 6.07) is 8.81. The molecule has 0 atom stereocenters.